The molecule has 3 atom stereocenters. The first-order valence-corrected chi connectivity index (χ1v) is 14.4. The predicted molar refractivity (Wildman–Crippen MR) is 162 cm³/mol. The molecule has 0 aliphatic carbocycles. The fourth-order valence-corrected chi connectivity index (χ4v) is 6.17. The number of rotatable bonds is 8. The minimum Gasteiger partial charge on any atom is -0.495 e. The number of aromatic nitrogens is 3. The SMILES string of the molecule is C=CC(=O)N[C@H]1COC[C@H]1N=c1ncc2cc(-c3c(Cl)c(OC)cc(OC)c3Cl)c(=O)[nH]c2n1C[C@H]1CCN(C(C)=O)C1. The monoisotopic (exact) mass is 630 g/mol. The van der Waals surface area contributed by atoms with Gasteiger partial charge in [-0.15, -0.1) is 0 Å². The lowest BCUT2D eigenvalue weighted by Gasteiger charge is -2.19. The van der Waals surface area contributed by atoms with Gasteiger partial charge in [-0.2, -0.15) is 0 Å². The molecule has 0 saturated carbocycles. The zero-order chi connectivity index (χ0) is 30.8. The number of hydrogen-bond donors (Lipinski definition) is 2. The third-order valence-electron chi connectivity index (χ3n) is 7.74. The largest absolute Gasteiger partial charge is 0.495 e. The number of H-pyrrole nitrogens is 1. The molecule has 1 aromatic carbocycles. The van der Waals surface area contributed by atoms with Crippen molar-refractivity contribution in [2.24, 2.45) is 10.9 Å². The first-order valence-electron chi connectivity index (χ1n) is 13.7. The number of nitrogens with zero attached hydrogens (tertiary/aromatic N) is 4. The van der Waals surface area contributed by atoms with E-state index in [0.717, 1.165) is 6.42 Å². The number of hydrogen-bond acceptors (Lipinski definition) is 8. The van der Waals surface area contributed by atoms with Crippen molar-refractivity contribution in [1.29, 1.82) is 0 Å². The van der Waals surface area contributed by atoms with Gasteiger partial charge in [-0.1, -0.05) is 29.8 Å². The lowest BCUT2D eigenvalue weighted by molar-refractivity contribution is -0.128. The number of benzene rings is 1. The van der Waals surface area contributed by atoms with Crippen LogP contribution in [0, 0.1) is 5.92 Å². The van der Waals surface area contributed by atoms with Gasteiger partial charge in [0.25, 0.3) is 5.56 Å². The molecule has 0 bridgehead atoms. The number of carbonyl (C=O) groups excluding carboxylic acids is 2. The molecular weight excluding hydrogens is 599 g/mol. The first kappa shape index (κ1) is 30.6. The molecule has 12 nitrogen and oxygen atoms in total. The molecule has 0 unspecified atom stereocenters. The minimum atomic E-state index is -0.449. The Labute approximate surface area is 257 Å². The molecule has 2 saturated heterocycles. The van der Waals surface area contributed by atoms with Crippen molar-refractivity contribution in [2.45, 2.75) is 32.0 Å². The summed E-state index contributed by atoms with van der Waals surface area (Å²) in [6.07, 6.45) is 3.58. The summed E-state index contributed by atoms with van der Waals surface area (Å²) in [5.41, 5.74) is 0.855. The number of carbonyl (C=O) groups is 2. The summed E-state index contributed by atoms with van der Waals surface area (Å²) < 4.78 is 18.2. The van der Waals surface area contributed by atoms with E-state index in [1.165, 1.54) is 20.3 Å². The summed E-state index contributed by atoms with van der Waals surface area (Å²) in [5.74, 6) is 0.383. The second kappa shape index (κ2) is 12.8. The van der Waals surface area contributed by atoms with Crippen LogP contribution >= 0.6 is 23.2 Å². The molecule has 0 radical (unpaired) electrons. The fourth-order valence-electron chi connectivity index (χ4n) is 5.46. The summed E-state index contributed by atoms with van der Waals surface area (Å²) in [6.45, 7) is 7.30. The zero-order valence-electron chi connectivity index (χ0n) is 24.0. The summed E-state index contributed by atoms with van der Waals surface area (Å²) in [4.78, 5) is 52.0. The number of ether oxygens (including phenoxy) is 3. The Morgan fingerprint density at radius 2 is 1.95 bits per heavy atom. The smallest absolute Gasteiger partial charge is 0.257 e. The van der Waals surface area contributed by atoms with E-state index in [2.05, 4.69) is 21.9 Å². The number of pyridine rings is 1. The third-order valence-corrected chi connectivity index (χ3v) is 8.49. The van der Waals surface area contributed by atoms with E-state index in [4.69, 9.17) is 42.4 Å². The number of amides is 2. The van der Waals surface area contributed by atoms with E-state index < -0.39 is 11.6 Å². The van der Waals surface area contributed by atoms with Gasteiger partial charge < -0.3 is 29.4 Å². The molecule has 0 spiro atoms. The lowest BCUT2D eigenvalue weighted by atomic mass is 10.0. The molecule has 228 valence electrons. The highest BCUT2D eigenvalue weighted by atomic mass is 35.5. The van der Waals surface area contributed by atoms with Crippen LogP contribution in [0.3, 0.4) is 0 Å². The summed E-state index contributed by atoms with van der Waals surface area (Å²) >= 11 is 13.3. The number of aromatic amines is 1. The van der Waals surface area contributed by atoms with Gasteiger partial charge >= 0.3 is 0 Å². The zero-order valence-corrected chi connectivity index (χ0v) is 25.5. The van der Waals surface area contributed by atoms with Crippen LogP contribution in [0.15, 0.2) is 40.8 Å². The van der Waals surface area contributed by atoms with Crippen LogP contribution in [0.4, 0.5) is 0 Å². The normalized spacial score (nSPS) is 20.4. The van der Waals surface area contributed by atoms with Crippen LogP contribution in [-0.4, -0.2) is 83.9 Å². The maximum Gasteiger partial charge on any atom is 0.257 e. The van der Waals surface area contributed by atoms with Crippen molar-refractivity contribution < 1.29 is 23.8 Å². The van der Waals surface area contributed by atoms with E-state index in [1.807, 2.05) is 4.57 Å². The molecule has 2 aromatic heterocycles. The minimum absolute atomic E-state index is 0.0119. The van der Waals surface area contributed by atoms with Crippen LogP contribution in [0.5, 0.6) is 11.5 Å². The van der Waals surface area contributed by atoms with E-state index in [1.54, 1.807) is 30.2 Å². The second-order valence-electron chi connectivity index (χ2n) is 10.4. The van der Waals surface area contributed by atoms with Gasteiger partial charge in [0.15, 0.2) is 0 Å². The highest BCUT2D eigenvalue weighted by molar-refractivity contribution is 6.41. The highest BCUT2D eigenvalue weighted by Gasteiger charge is 2.30. The fraction of sp³-hybridized carbons (Fsp3) is 0.414. The van der Waals surface area contributed by atoms with Crippen molar-refractivity contribution in [3.8, 4) is 22.6 Å². The number of nitrogens with one attached hydrogen (secondary N) is 2. The van der Waals surface area contributed by atoms with Crippen molar-refractivity contribution in [2.75, 3.05) is 40.5 Å². The quantitative estimate of drug-likeness (QED) is 0.365. The predicted octanol–water partition coefficient (Wildman–Crippen LogP) is 2.55. The molecule has 43 heavy (non-hydrogen) atoms. The Kier molecular flexibility index (Phi) is 9.09. The average Bonchev–Trinajstić information content (AvgIpc) is 3.64. The van der Waals surface area contributed by atoms with Gasteiger partial charge in [0, 0.05) is 49.8 Å². The molecule has 5 rings (SSSR count). The average molecular weight is 632 g/mol. The number of halogens is 2. The van der Waals surface area contributed by atoms with Gasteiger partial charge in [-0.3, -0.25) is 19.0 Å². The van der Waals surface area contributed by atoms with E-state index in [-0.39, 0.29) is 51.6 Å². The molecule has 3 aromatic rings. The maximum atomic E-state index is 13.7. The van der Waals surface area contributed by atoms with Gasteiger partial charge in [0.05, 0.1) is 55.1 Å². The van der Waals surface area contributed by atoms with Crippen LogP contribution in [-0.2, 0) is 20.9 Å². The third kappa shape index (κ3) is 6.13. The van der Waals surface area contributed by atoms with Crippen LogP contribution < -0.4 is 26.0 Å². The van der Waals surface area contributed by atoms with Crippen LogP contribution in [0.2, 0.25) is 10.0 Å². The Hall–Kier alpha value is -3.87. The number of likely N-dealkylation sites (tertiary alicyclic amines) is 1. The molecule has 2 amide bonds. The van der Waals surface area contributed by atoms with Crippen molar-refractivity contribution >= 4 is 46.0 Å². The summed E-state index contributed by atoms with van der Waals surface area (Å²) in [5, 5.41) is 3.77. The molecule has 14 heteroatoms. The molecule has 2 fully saturated rings. The standard InChI is InChI=1S/C29H32Cl2N6O6/c1-5-23(39)33-19-13-43-14-20(19)34-29-32-10-17-8-18(24-25(30)21(41-3)9-22(42-4)26(24)31)28(40)35-27(17)37(29)12-16-6-7-36(11-16)15(2)38/h5,8-10,16,19-20H,1,6-7,11-14H2,2-4H3,(H,33,39)(H,35,40)/t16-,19-,20+/m0/s1. The molecule has 4 heterocycles. The number of methoxy groups -OCH3 is 2. The molecular formula is C29H32Cl2N6O6. The van der Waals surface area contributed by atoms with Crippen LogP contribution in [0.1, 0.15) is 13.3 Å². The molecule has 2 aliphatic rings. The summed E-state index contributed by atoms with van der Waals surface area (Å²) in [6, 6.07) is 2.43. The van der Waals surface area contributed by atoms with E-state index in [0.29, 0.717) is 54.4 Å². The Bertz CT molecular complexity index is 1690. The van der Waals surface area contributed by atoms with Crippen molar-refractivity contribution in [3.05, 3.63) is 57.0 Å². The van der Waals surface area contributed by atoms with E-state index >= 15 is 0 Å². The number of fused-ring (bicyclic) bond motifs is 1. The second-order valence-corrected chi connectivity index (χ2v) is 11.2. The lowest BCUT2D eigenvalue weighted by Crippen LogP contribution is -2.43. The first-order chi connectivity index (χ1) is 20.6. The maximum absolute atomic E-state index is 13.7. The Balaban J connectivity index is 1.66. The topological polar surface area (TPSA) is 140 Å². The van der Waals surface area contributed by atoms with Gasteiger partial charge in [0.2, 0.25) is 17.4 Å². The van der Waals surface area contributed by atoms with Gasteiger partial charge in [-0.05, 0) is 24.5 Å². The highest BCUT2D eigenvalue weighted by Crippen LogP contribution is 2.45. The van der Waals surface area contributed by atoms with Gasteiger partial charge in [0.1, 0.15) is 17.1 Å². The van der Waals surface area contributed by atoms with Crippen LogP contribution in [0.25, 0.3) is 22.2 Å². The van der Waals surface area contributed by atoms with Crippen molar-refractivity contribution in [3.63, 3.8) is 0 Å². The Morgan fingerprint density at radius 1 is 1.23 bits per heavy atom. The van der Waals surface area contributed by atoms with Gasteiger partial charge in [-0.25, -0.2) is 9.98 Å². The molecule has 2 aliphatic heterocycles. The van der Waals surface area contributed by atoms with E-state index in [9.17, 15) is 14.4 Å². The Morgan fingerprint density at radius 3 is 2.58 bits per heavy atom. The molecule has 2 N–H and O–H groups in total. The summed E-state index contributed by atoms with van der Waals surface area (Å²) in [7, 11) is 2.92. The van der Waals surface area contributed by atoms with Crippen molar-refractivity contribution in [1.82, 2.24) is 24.8 Å².